The molecule has 26 heavy (non-hydrogen) atoms. The van der Waals surface area contributed by atoms with E-state index in [0.717, 1.165) is 0 Å². The Morgan fingerprint density at radius 1 is 1.00 bits per heavy atom. The van der Waals surface area contributed by atoms with Gasteiger partial charge in [0.15, 0.2) is 0 Å². The third-order valence-corrected chi connectivity index (χ3v) is 5.27. The highest BCUT2D eigenvalue weighted by molar-refractivity contribution is 6.45. The zero-order valence-corrected chi connectivity index (χ0v) is 15.9. The van der Waals surface area contributed by atoms with Crippen molar-refractivity contribution in [2.45, 2.75) is 6.42 Å². The number of hydrogen-bond acceptors (Lipinski definition) is 2. The van der Waals surface area contributed by atoms with Crippen molar-refractivity contribution in [1.29, 1.82) is 0 Å². The van der Waals surface area contributed by atoms with Crippen molar-refractivity contribution in [1.82, 2.24) is 4.98 Å². The van der Waals surface area contributed by atoms with Gasteiger partial charge in [0, 0.05) is 16.6 Å². The Morgan fingerprint density at radius 2 is 1.69 bits per heavy atom. The molecule has 0 aliphatic carbocycles. The summed E-state index contributed by atoms with van der Waals surface area (Å²) >= 11 is 23.9. The van der Waals surface area contributed by atoms with Crippen LogP contribution in [0.25, 0.3) is 10.9 Å². The van der Waals surface area contributed by atoms with Gasteiger partial charge < -0.3 is 15.4 Å². The van der Waals surface area contributed by atoms with E-state index in [2.05, 4.69) is 10.3 Å². The van der Waals surface area contributed by atoms with Crippen molar-refractivity contribution >= 4 is 74.9 Å². The summed E-state index contributed by atoms with van der Waals surface area (Å²) < 4.78 is 0. The molecule has 0 spiro atoms. The molecule has 0 atom stereocenters. The topological polar surface area (TPSA) is 82.2 Å². The molecule has 0 radical (unpaired) electrons. The second kappa shape index (κ2) is 7.37. The van der Waals surface area contributed by atoms with Gasteiger partial charge in [0.25, 0.3) is 0 Å². The standard InChI is InChI=1S/C17H10Cl4N2O3/c18-10-3-1-7(5-12(10)20)22-13(24)6-9-8-2-4-11(19)14(21)15(8)23-16(9)17(25)26/h1-5,23H,6H2,(H,22,24)(H,25,26). The molecule has 2 aromatic carbocycles. The number of hydrogen-bond donors (Lipinski definition) is 3. The number of carboxylic acid groups (broad SMARTS) is 1. The number of carboxylic acids is 1. The lowest BCUT2D eigenvalue weighted by Gasteiger charge is -2.07. The highest BCUT2D eigenvalue weighted by Crippen LogP contribution is 2.34. The number of H-pyrrole nitrogens is 1. The minimum Gasteiger partial charge on any atom is -0.477 e. The van der Waals surface area contributed by atoms with Crippen LogP contribution in [0.5, 0.6) is 0 Å². The van der Waals surface area contributed by atoms with Gasteiger partial charge in [0.1, 0.15) is 5.69 Å². The van der Waals surface area contributed by atoms with Gasteiger partial charge in [0.2, 0.25) is 5.91 Å². The summed E-state index contributed by atoms with van der Waals surface area (Å²) in [7, 11) is 0. The van der Waals surface area contributed by atoms with Crippen LogP contribution in [0.2, 0.25) is 20.1 Å². The molecule has 0 fully saturated rings. The SMILES string of the molecule is O=C(Cc1c(C(=O)O)[nH]c2c(Cl)c(Cl)ccc12)Nc1ccc(Cl)c(Cl)c1. The fourth-order valence-corrected chi connectivity index (χ4v) is 3.23. The Hall–Kier alpha value is -1.92. The second-order valence-electron chi connectivity index (χ2n) is 5.42. The van der Waals surface area contributed by atoms with E-state index in [4.69, 9.17) is 46.4 Å². The number of aromatic amines is 1. The molecule has 1 aromatic heterocycles. The maximum absolute atomic E-state index is 12.4. The number of halogens is 4. The number of amides is 1. The summed E-state index contributed by atoms with van der Waals surface area (Å²) in [6.45, 7) is 0. The van der Waals surface area contributed by atoms with E-state index in [0.29, 0.717) is 32.2 Å². The molecule has 0 unspecified atom stereocenters. The van der Waals surface area contributed by atoms with E-state index < -0.39 is 11.9 Å². The van der Waals surface area contributed by atoms with E-state index in [9.17, 15) is 14.7 Å². The zero-order chi connectivity index (χ0) is 19.0. The van der Waals surface area contributed by atoms with Crippen molar-refractivity contribution in [3.63, 3.8) is 0 Å². The number of fused-ring (bicyclic) bond motifs is 1. The van der Waals surface area contributed by atoms with Gasteiger partial charge in [-0.1, -0.05) is 52.5 Å². The van der Waals surface area contributed by atoms with Crippen molar-refractivity contribution in [3.05, 3.63) is 61.7 Å². The van der Waals surface area contributed by atoms with Crippen molar-refractivity contribution in [2.24, 2.45) is 0 Å². The first-order valence-corrected chi connectivity index (χ1v) is 8.76. The summed E-state index contributed by atoms with van der Waals surface area (Å²) in [4.78, 5) is 26.7. The lowest BCUT2D eigenvalue weighted by Crippen LogP contribution is -2.16. The number of carbonyl (C=O) groups excluding carboxylic acids is 1. The van der Waals surface area contributed by atoms with Crippen LogP contribution >= 0.6 is 46.4 Å². The molecule has 1 amide bonds. The molecule has 1 heterocycles. The minimum atomic E-state index is -1.20. The van der Waals surface area contributed by atoms with Crippen LogP contribution in [0, 0.1) is 0 Å². The summed E-state index contributed by atoms with van der Waals surface area (Å²) in [6, 6.07) is 7.82. The van der Waals surface area contributed by atoms with Crippen LogP contribution in [0.3, 0.4) is 0 Å². The molecule has 3 rings (SSSR count). The Bertz CT molecular complexity index is 1050. The first kappa shape index (κ1) is 18.9. The highest BCUT2D eigenvalue weighted by atomic mass is 35.5. The predicted molar refractivity (Wildman–Crippen MR) is 104 cm³/mol. The average molecular weight is 432 g/mol. The summed E-state index contributed by atoms with van der Waals surface area (Å²) in [5, 5.41) is 13.7. The van der Waals surface area contributed by atoms with Gasteiger partial charge in [-0.15, -0.1) is 0 Å². The van der Waals surface area contributed by atoms with Crippen LogP contribution in [0.1, 0.15) is 16.1 Å². The number of carbonyl (C=O) groups is 2. The average Bonchev–Trinajstić information content (AvgIpc) is 2.94. The molecule has 3 N–H and O–H groups in total. The molecule has 0 bridgehead atoms. The Kier molecular flexibility index (Phi) is 5.34. The third-order valence-electron chi connectivity index (χ3n) is 3.73. The fraction of sp³-hybridized carbons (Fsp3) is 0.0588. The molecular weight excluding hydrogens is 422 g/mol. The van der Waals surface area contributed by atoms with Gasteiger partial charge in [-0.2, -0.15) is 0 Å². The lowest BCUT2D eigenvalue weighted by molar-refractivity contribution is -0.115. The number of rotatable bonds is 4. The van der Waals surface area contributed by atoms with Crippen molar-refractivity contribution < 1.29 is 14.7 Å². The fourth-order valence-electron chi connectivity index (χ4n) is 2.57. The second-order valence-corrected chi connectivity index (χ2v) is 7.02. The molecule has 5 nitrogen and oxygen atoms in total. The van der Waals surface area contributed by atoms with E-state index in [1.807, 2.05) is 0 Å². The van der Waals surface area contributed by atoms with Crippen LogP contribution in [0.15, 0.2) is 30.3 Å². The van der Waals surface area contributed by atoms with Gasteiger partial charge in [0.05, 0.1) is 32.0 Å². The van der Waals surface area contributed by atoms with Crippen molar-refractivity contribution in [2.75, 3.05) is 5.32 Å². The zero-order valence-electron chi connectivity index (χ0n) is 12.9. The normalized spacial score (nSPS) is 10.9. The number of aromatic nitrogens is 1. The highest BCUT2D eigenvalue weighted by Gasteiger charge is 2.21. The first-order valence-electron chi connectivity index (χ1n) is 7.24. The summed E-state index contributed by atoms with van der Waals surface area (Å²) in [6.07, 6.45) is -0.181. The Balaban J connectivity index is 1.95. The number of aromatic carboxylic acids is 1. The summed E-state index contributed by atoms with van der Waals surface area (Å²) in [5.74, 6) is -1.62. The first-order chi connectivity index (χ1) is 12.3. The molecule has 0 aliphatic rings. The number of benzene rings is 2. The van der Waals surface area contributed by atoms with E-state index in [1.54, 1.807) is 24.3 Å². The van der Waals surface area contributed by atoms with Crippen LogP contribution < -0.4 is 5.32 Å². The molecule has 9 heteroatoms. The quantitative estimate of drug-likeness (QED) is 0.498. The van der Waals surface area contributed by atoms with Crippen LogP contribution in [-0.4, -0.2) is 22.0 Å². The van der Waals surface area contributed by atoms with E-state index in [1.165, 1.54) is 6.07 Å². The molecule has 0 aliphatic heterocycles. The monoisotopic (exact) mass is 430 g/mol. The maximum atomic E-state index is 12.4. The Labute approximate surface area is 167 Å². The molecule has 134 valence electrons. The molecule has 0 saturated carbocycles. The number of nitrogens with one attached hydrogen (secondary N) is 2. The smallest absolute Gasteiger partial charge is 0.352 e. The van der Waals surface area contributed by atoms with E-state index >= 15 is 0 Å². The van der Waals surface area contributed by atoms with Gasteiger partial charge in [-0.05, 0) is 24.3 Å². The van der Waals surface area contributed by atoms with Gasteiger partial charge >= 0.3 is 5.97 Å². The summed E-state index contributed by atoms with van der Waals surface area (Å²) in [5.41, 5.74) is 1.01. The number of anilines is 1. The largest absolute Gasteiger partial charge is 0.477 e. The van der Waals surface area contributed by atoms with E-state index in [-0.39, 0.29) is 22.2 Å². The predicted octanol–water partition coefficient (Wildman–Crippen LogP) is 5.66. The lowest BCUT2D eigenvalue weighted by atomic mass is 10.1. The molecular formula is C17H10Cl4N2O3. The van der Waals surface area contributed by atoms with Gasteiger partial charge in [-0.25, -0.2) is 4.79 Å². The van der Waals surface area contributed by atoms with Crippen LogP contribution in [0.4, 0.5) is 5.69 Å². The van der Waals surface area contributed by atoms with Gasteiger partial charge in [-0.3, -0.25) is 4.79 Å². The third kappa shape index (κ3) is 3.62. The Morgan fingerprint density at radius 3 is 2.35 bits per heavy atom. The maximum Gasteiger partial charge on any atom is 0.352 e. The molecule has 0 saturated heterocycles. The van der Waals surface area contributed by atoms with Crippen molar-refractivity contribution in [3.8, 4) is 0 Å². The molecule has 3 aromatic rings. The van der Waals surface area contributed by atoms with Crippen LogP contribution in [-0.2, 0) is 11.2 Å². The minimum absolute atomic E-state index is 0.117.